The largest absolute Gasteiger partial charge is 0.492 e. The third-order valence-corrected chi connectivity index (χ3v) is 4.20. The lowest BCUT2D eigenvalue weighted by Gasteiger charge is -2.15. The zero-order chi connectivity index (χ0) is 25.1. The van der Waals surface area contributed by atoms with Gasteiger partial charge < -0.3 is 25.4 Å². The third-order valence-electron chi connectivity index (χ3n) is 4.20. The molecule has 0 atom stereocenters. The minimum absolute atomic E-state index is 0.165. The molecule has 0 heterocycles. The molecule has 0 aliphatic carbocycles. The van der Waals surface area contributed by atoms with E-state index >= 15 is 0 Å². The highest BCUT2D eigenvalue weighted by atomic mass is 19.4. The van der Waals surface area contributed by atoms with Gasteiger partial charge in [-0.15, -0.1) is 0 Å². The molecule has 0 fully saturated rings. The number of nitrogens with one attached hydrogen (secondary N) is 3. The van der Waals surface area contributed by atoms with E-state index in [1.165, 1.54) is 24.4 Å². The molecule has 0 aliphatic rings. The molecular weight excluding hydrogens is 456 g/mol. The van der Waals surface area contributed by atoms with Gasteiger partial charge in [-0.2, -0.15) is 13.2 Å². The molecule has 1 amide bonds. The number of ether oxygens (including phenoxy) is 2. The molecule has 0 aliphatic heterocycles. The molecule has 184 valence electrons. The number of hydrogen-bond acceptors (Lipinski definition) is 6. The zero-order valence-corrected chi connectivity index (χ0v) is 18.8. The van der Waals surface area contributed by atoms with Crippen molar-refractivity contribution >= 4 is 34.9 Å². The van der Waals surface area contributed by atoms with Gasteiger partial charge >= 0.3 is 6.18 Å². The van der Waals surface area contributed by atoms with Gasteiger partial charge in [0.15, 0.2) is 0 Å². The standard InChI is InChI=1S/C23H26F4N4O3/c1-4-29-20-12-18(34-10-9-28-3)11-19(24)22(20)15(2)30-16-5-7-17(8-6-16)31-21(32)13-33-14-23(25,26)27/h4-8,11-12,28,30H,2,9-10,13-14H2,1,3H3,(H,31,32). The predicted molar refractivity (Wildman–Crippen MR) is 124 cm³/mol. The van der Waals surface area contributed by atoms with Gasteiger partial charge in [-0.05, 0) is 38.2 Å². The lowest BCUT2D eigenvalue weighted by Crippen LogP contribution is -2.23. The van der Waals surface area contributed by atoms with Crippen LogP contribution in [0.2, 0.25) is 0 Å². The summed E-state index contributed by atoms with van der Waals surface area (Å²) in [5.74, 6) is -0.956. The van der Waals surface area contributed by atoms with Crippen LogP contribution in [0.15, 0.2) is 48.0 Å². The normalized spacial score (nSPS) is 11.5. The number of halogens is 4. The van der Waals surface area contributed by atoms with Crippen LogP contribution in [-0.4, -0.2) is 51.7 Å². The number of rotatable bonds is 12. The van der Waals surface area contributed by atoms with Crippen LogP contribution in [0.5, 0.6) is 5.75 Å². The van der Waals surface area contributed by atoms with Crippen molar-refractivity contribution in [2.45, 2.75) is 13.1 Å². The van der Waals surface area contributed by atoms with E-state index in [0.29, 0.717) is 36.0 Å². The summed E-state index contributed by atoms with van der Waals surface area (Å²) in [5.41, 5.74) is 1.64. The Morgan fingerprint density at radius 2 is 1.79 bits per heavy atom. The van der Waals surface area contributed by atoms with Gasteiger partial charge in [-0.1, -0.05) is 6.58 Å². The van der Waals surface area contributed by atoms with Crippen molar-refractivity contribution in [2.24, 2.45) is 4.99 Å². The zero-order valence-electron chi connectivity index (χ0n) is 18.8. The number of carbonyl (C=O) groups excluding carboxylic acids is 1. The average Bonchev–Trinajstić information content (AvgIpc) is 2.74. The fourth-order valence-corrected chi connectivity index (χ4v) is 2.79. The maximum absolute atomic E-state index is 14.9. The number of alkyl halides is 3. The molecule has 0 spiro atoms. The summed E-state index contributed by atoms with van der Waals surface area (Å²) in [4.78, 5) is 15.9. The molecule has 2 rings (SSSR count). The van der Waals surface area contributed by atoms with Crippen molar-refractivity contribution in [3.05, 3.63) is 54.4 Å². The summed E-state index contributed by atoms with van der Waals surface area (Å²) in [5, 5.41) is 8.34. The third kappa shape index (κ3) is 8.83. The second-order valence-electron chi connectivity index (χ2n) is 6.98. The van der Waals surface area contributed by atoms with E-state index in [4.69, 9.17) is 4.74 Å². The number of anilines is 2. The highest BCUT2D eigenvalue weighted by Crippen LogP contribution is 2.33. The van der Waals surface area contributed by atoms with Crippen molar-refractivity contribution in [1.29, 1.82) is 0 Å². The summed E-state index contributed by atoms with van der Waals surface area (Å²) >= 11 is 0. The average molecular weight is 482 g/mol. The van der Waals surface area contributed by atoms with Crippen molar-refractivity contribution in [3.8, 4) is 5.75 Å². The van der Waals surface area contributed by atoms with Gasteiger partial charge in [0.2, 0.25) is 5.91 Å². The number of aliphatic imine (C=N–C) groups is 1. The van der Waals surface area contributed by atoms with E-state index in [2.05, 4.69) is 32.3 Å². The Morgan fingerprint density at radius 1 is 1.15 bits per heavy atom. The minimum atomic E-state index is -4.50. The Morgan fingerprint density at radius 3 is 2.38 bits per heavy atom. The molecular formula is C23H26F4N4O3. The highest BCUT2D eigenvalue weighted by Gasteiger charge is 2.27. The van der Waals surface area contributed by atoms with Crippen molar-refractivity contribution in [3.63, 3.8) is 0 Å². The van der Waals surface area contributed by atoms with E-state index in [-0.39, 0.29) is 11.3 Å². The SMILES string of the molecule is C=C(Nc1ccc(NC(=O)COCC(F)(F)F)cc1)c1c(F)cc(OCCNC)cc1N=CC. The molecule has 2 aromatic rings. The van der Waals surface area contributed by atoms with Gasteiger partial charge in [-0.3, -0.25) is 9.79 Å². The van der Waals surface area contributed by atoms with Crippen LogP contribution >= 0.6 is 0 Å². The van der Waals surface area contributed by atoms with Crippen molar-refractivity contribution in [2.75, 3.05) is 44.0 Å². The van der Waals surface area contributed by atoms with Crippen LogP contribution in [0.3, 0.4) is 0 Å². The van der Waals surface area contributed by atoms with E-state index in [9.17, 15) is 22.4 Å². The first-order valence-electron chi connectivity index (χ1n) is 10.2. The van der Waals surface area contributed by atoms with Crippen molar-refractivity contribution in [1.82, 2.24) is 5.32 Å². The molecule has 2 aromatic carbocycles. The molecule has 0 saturated heterocycles. The summed E-state index contributed by atoms with van der Waals surface area (Å²) in [6.45, 7) is 4.33. The molecule has 0 bridgehead atoms. The highest BCUT2D eigenvalue weighted by molar-refractivity contribution is 5.92. The molecule has 3 N–H and O–H groups in total. The van der Waals surface area contributed by atoms with Crippen LogP contribution in [0, 0.1) is 5.82 Å². The number of nitrogens with zero attached hydrogens (tertiary/aromatic N) is 1. The van der Waals surface area contributed by atoms with Crippen LogP contribution < -0.4 is 20.7 Å². The lowest BCUT2D eigenvalue weighted by atomic mass is 10.1. The van der Waals surface area contributed by atoms with Crippen LogP contribution in [0.4, 0.5) is 34.6 Å². The monoisotopic (exact) mass is 482 g/mol. The van der Waals surface area contributed by atoms with E-state index in [1.54, 1.807) is 32.2 Å². The van der Waals surface area contributed by atoms with Gasteiger partial charge in [0.1, 0.15) is 31.4 Å². The maximum Gasteiger partial charge on any atom is 0.411 e. The van der Waals surface area contributed by atoms with Crippen LogP contribution in [-0.2, 0) is 9.53 Å². The number of likely N-dealkylation sites (N-methyl/N-ethyl adjacent to an activating group) is 1. The Labute approximate surface area is 194 Å². The summed E-state index contributed by atoms with van der Waals surface area (Å²) in [6, 6.07) is 9.10. The van der Waals surface area contributed by atoms with E-state index in [0.717, 1.165) is 0 Å². The molecule has 0 unspecified atom stereocenters. The van der Waals surface area contributed by atoms with Gasteiger partial charge in [-0.25, -0.2) is 4.39 Å². The summed E-state index contributed by atoms with van der Waals surface area (Å²) in [6.07, 6.45) is -2.98. The Kier molecular flexibility index (Phi) is 10.0. The molecule has 0 saturated carbocycles. The molecule has 34 heavy (non-hydrogen) atoms. The van der Waals surface area contributed by atoms with Gasteiger partial charge in [0, 0.05) is 42.0 Å². The number of carbonyl (C=O) groups is 1. The molecule has 11 heteroatoms. The number of benzene rings is 2. The Hall–Kier alpha value is -3.44. The lowest BCUT2D eigenvalue weighted by molar-refractivity contribution is -0.174. The second-order valence-corrected chi connectivity index (χ2v) is 6.98. The van der Waals surface area contributed by atoms with Crippen molar-refractivity contribution < 1.29 is 31.8 Å². The first kappa shape index (κ1) is 26.8. The van der Waals surface area contributed by atoms with Gasteiger partial charge in [0.25, 0.3) is 0 Å². The minimum Gasteiger partial charge on any atom is -0.492 e. The van der Waals surface area contributed by atoms with Crippen LogP contribution in [0.25, 0.3) is 5.70 Å². The van der Waals surface area contributed by atoms with Gasteiger partial charge in [0.05, 0.1) is 11.3 Å². The Bertz CT molecular complexity index is 1010. The fourth-order valence-electron chi connectivity index (χ4n) is 2.79. The first-order chi connectivity index (χ1) is 16.1. The molecule has 0 radical (unpaired) electrons. The first-order valence-corrected chi connectivity index (χ1v) is 10.2. The maximum atomic E-state index is 14.9. The predicted octanol–water partition coefficient (Wildman–Crippen LogP) is 4.75. The fraction of sp³-hybridized carbons (Fsp3) is 0.304. The molecule has 7 nitrogen and oxygen atoms in total. The van der Waals surface area contributed by atoms with E-state index in [1.807, 2.05) is 0 Å². The smallest absolute Gasteiger partial charge is 0.411 e. The number of amides is 1. The summed E-state index contributed by atoms with van der Waals surface area (Å²) < 4.78 is 60.9. The quantitative estimate of drug-likeness (QED) is 0.231. The molecule has 0 aromatic heterocycles. The van der Waals surface area contributed by atoms with E-state index < -0.39 is 31.1 Å². The summed E-state index contributed by atoms with van der Waals surface area (Å²) in [7, 11) is 1.78. The Balaban J connectivity index is 2.04. The second kappa shape index (κ2) is 12.7. The topological polar surface area (TPSA) is 84.0 Å². The van der Waals surface area contributed by atoms with Crippen LogP contribution in [0.1, 0.15) is 12.5 Å². The number of hydrogen-bond donors (Lipinski definition) is 3.